The van der Waals surface area contributed by atoms with Gasteiger partial charge in [-0.25, -0.2) is 13.6 Å². The van der Waals surface area contributed by atoms with Gasteiger partial charge in [0.1, 0.15) is 17.2 Å². The van der Waals surface area contributed by atoms with E-state index in [9.17, 15) is 23.5 Å². The van der Waals surface area contributed by atoms with E-state index >= 15 is 0 Å². The van der Waals surface area contributed by atoms with Crippen molar-refractivity contribution in [3.8, 4) is 0 Å². The molecule has 0 radical (unpaired) electrons. The second-order valence-corrected chi connectivity index (χ2v) is 5.13. The van der Waals surface area contributed by atoms with E-state index in [-0.39, 0.29) is 5.56 Å². The third kappa shape index (κ3) is 2.50. The Balaban J connectivity index is 2.28. The Bertz CT molecular complexity index is 566. The van der Waals surface area contributed by atoms with E-state index in [2.05, 4.69) is 5.32 Å². The fourth-order valence-electron chi connectivity index (χ4n) is 2.48. The summed E-state index contributed by atoms with van der Waals surface area (Å²) in [5.74, 6) is -3.60. The molecule has 0 spiro atoms. The SMILES string of the molecule is Cc1cc(F)c(C(=O)NC2(C(=O)O)CCCC2)cc1F. The Morgan fingerprint density at radius 3 is 2.35 bits per heavy atom. The van der Waals surface area contributed by atoms with Gasteiger partial charge in [-0.3, -0.25) is 4.79 Å². The van der Waals surface area contributed by atoms with Gasteiger partial charge in [0.25, 0.3) is 5.91 Å². The first-order chi connectivity index (χ1) is 9.35. The third-order valence-corrected chi connectivity index (χ3v) is 3.71. The van der Waals surface area contributed by atoms with Crippen molar-refractivity contribution in [2.24, 2.45) is 0 Å². The number of carbonyl (C=O) groups excluding carboxylic acids is 1. The van der Waals surface area contributed by atoms with Crippen LogP contribution in [-0.2, 0) is 4.79 Å². The predicted molar refractivity (Wildman–Crippen MR) is 67.4 cm³/mol. The second kappa shape index (κ2) is 5.19. The Hall–Kier alpha value is -1.98. The normalized spacial score (nSPS) is 16.9. The van der Waals surface area contributed by atoms with E-state index < -0.39 is 34.6 Å². The summed E-state index contributed by atoms with van der Waals surface area (Å²) in [5, 5.41) is 11.6. The molecule has 1 aliphatic carbocycles. The number of benzene rings is 1. The van der Waals surface area contributed by atoms with Crippen LogP contribution >= 0.6 is 0 Å². The zero-order chi connectivity index (χ0) is 14.9. The average Bonchev–Trinajstić information content (AvgIpc) is 2.83. The summed E-state index contributed by atoms with van der Waals surface area (Å²) in [4.78, 5) is 23.3. The van der Waals surface area contributed by atoms with Crippen LogP contribution in [0.3, 0.4) is 0 Å². The van der Waals surface area contributed by atoms with Gasteiger partial charge in [0.2, 0.25) is 0 Å². The minimum Gasteiger partial charge on any atom is -0.480 e. The molecule has 0 aliphatic heterocycles. The van der Waals surface area contributed by atoms with E-state index in [1.54, 1.807) is 0 Å². The third-order valence-electron chi connectivity index (χ3n) is 3.71. The van der Waals surface area contributed by atoms with Crippen molar-refractivity contribution in [2.75, 3.05) is 0 Å². The number of carboxylic acids is 1. The second-order valence-electron chi connectivity index (χ2n) is 5.13. The average molecular weight is 283 g/mol. The van der Waals surface area contributed by atoms with Crippen molar-refractivity contribution in [2.45, 2.75) is 38.1 Å². The molecule has 0 aromatic heterocycles. The number of halogens is 2. The van der Waals surface area contributed by atoms with Crippen LogP contribution in [0.25, 0.3) is 0 Å². The first-order valence-electron chi connectivity index (χ1n) is 6.37. The van der Waals surface area contributed by atoms with E-state index in [0.717, 1.165) is 12.1 Å². The molecule has 6 heteroatoms. The van der Waals surface area contributed by atoms with Crippen molar-refractivity contribution in [1.82, 2.24) is 5.32 Å². The maximum atomic E-state index is 13.7. The van der Waals surface area contributed by atoms with Crippen LogP contribution in [0, 0.1) is 18.6 Å². The maximum absolute atomic E-state index is 13.7. The van der Waals surface area contributed by atoms with E-state index in [4.69, 9.17) is 0 Å². The van der Waals surface area contributed by atoms with Gasteiger partial charge in [0.05, 0.1) is 5.56 Å². The number of carbonyl (C=O) groups is 2. The minimum absolute atomic E-state index is 0.0906. The lowest BCUT2D eigenvalue weighted by molar-refractivity contribution is -0.144. The summed E-state index contributed by atoms with van der Waals surface area (Å²) in [6.07, 6.45) is 1.95. The molecule has 1 fully saturated rings. The van der Waals surface area contributed by atoms with E-state index in [0.29, 0.717) is 25.7 Å². The van der Waals surface area contributed by atoms with Crippen LogP contribution in [0.1, 0.15) is 41.6 Å². The molecule has 0 saturated heterocycles. The van der Waals surface area contributed by atoms with Gasteiger partial charge in [-0.1, -0.05) is 12.8 Å². The van der Waals surface area contributed by atoms with Crippen molar-refractivity contribution in [3.63, 3.8) is 0 Å². The summed E-state index contributed by atoms with van der Waals surface area (Å²) in [6.45, 7) is 1.38. The Morgan fingerprint density at radius 1 is 1.20 bits per heavy atom. The number of aliphatic carboxylic acids is 1. The van der Waals surface area contributed by atoms with E-state index in [1.165, 1.54) is 6.92 Å². The number of aryl methyl sites for hydroxylation is 1. The van der Waals surface area contributed by atoms with Crippen molar-refractivity contribution in [1.29, 1.82) is 0 Å². The Kier molecular flexibility index (Phi) is 3.74. The Morgan fingerprint density at radius 2 is 1.80 bits per heavy atom. The summed E-state index contributed by atoms with van der Waals surface area (Å²) in [6, 6.07) is 1.72. The molecular weight excluding hydrogens is 268 g/mol. The number of hydrogen-bond acceptors (Lipinski definition) is 2. The van der Waals surface area contributed by atoms with Gasteiger partial charge in [-0.05, 0) is 37.5 Å². The summed E-state index contributed by atoms with van der Waals surface area (Å²) >= 11 is 0. The molecule has 1 saturated carbocycles. The summed E-state index contributed by atoms with van der Waals surface area (Å²) in [5.41, 5.74) is -1.75. The molecule has 0 unspecified atom stereocenters. The number of rotatable bonds is 3. The highest BCUT2D eigenvalue weighted by atomic mass is 19.1. The molecule has 1 aromatic rings. The molecule has 1 amide bonds. The molecule has 4 nitrogen and oxygen atoms in total. The van der Waals surface area contributed by atoms with Crippen molar-refractivity contribution >= 4 is 11.9 Å². The topological polar surface area (TPSA) is 66.4 Å². The smallest absolute Gasteiger partial charge is 0.329 e. The lowest BCUT2D eigenvalue weighted by Gasteiger charge is -2.25. The van der Waals surface area contributed by atoms with Gasteiger partial charge in [-0.15, -0.1) is 0 Å². The fourth-order valence-corrected chi connectivity index (χ4v) is 2.48. The molecule has 0 bridgehead atoms. The van der Waals surface area contributed by atoms with Crippen LogP contribution in [0.15, 0.2) is 12.1 Å². The predicted octanol–water partition coefficient (Wildman–Crippen LogP) is 2.40. The lowest BCUT2D eigenvalue weighted by Crippen LogP contribution is -2.52. The van der Waals surface area contributed by atoms with Gasteiger partial charge in [0, 0.05) is 0 Å². The van der Waals surface area contributed by atoms with Crippen LogP contribution in [0.5, 0.6) is 0 Å². The van der Waals surface area contributed by atoms with E-state index in [1.807, 2.05) is 0 Å². The minimum atomic E-state index is -1.37. The first kappa shape index (κ1) is 14.4. The van der Waals surface area contributed by atoms with Gasteiger partial charge in [0.15, 0.2) is 0 Å². The van der Waals surface area contributed by atoms with Crippen LogP contribution in [0.2, 0.25) is 0 Å². The monoisotopic (exact) mass is 283 g/mol. The van der Waals surface area contributed by atoms with Gasteiger partial charge < -0.3 is 10.4 Å². The maximum Gasteiger partial charge on any atom is 0.329 e. The molecule has 0 heterocycles. The molecular formula is C14H15F2NO3. The standard InChI is InChI=1S/C14H15F2NO3/c1-8-6-11(16)9(7-10(8)15)12(18)17-14(13(19)20)4-2-3-5-14/h6-7H,2-5H2,1H3,(H,17,18)(H,19,20). The van der Waals surface area contributed by atoms with Crippen molar-refractivity contribution < 1.29 is 23.5 Å². The highest BCUT2D eigenvalue weighted by Gasteiger charge is 2.43. The fraction of sp³-hybridized carbons (Fsp3) is 0.429. The molecule has 20 heavy (non-hydrogen) atoms. The summed E-state index contributed by atoms with van der Waals surface area (Å²) in [7, 11) is 0. The summed E-state index contributed by atoms with van der Waals surface area (Å²) < 4.78 is 27.1. The highest BCUT2D eigenvalue weighted by Crippen LogP contribution is 2.30. The Labute approximate surface area is 114 Å². The molecule has 0 atom stereocenters. The van der Waals surface area contributed by atoms with Gasteiger partial charge in [-0.2, -0.15) is 0 Å². The van der Waals surface area contributed by atoms with Crippen molar-refractivity contribution in [3.05, 3.63) is 34.9 Å². The quantitative estimate of drug-likeness (QED) is 0.895. The van der Waals surface area contributed by atoms with Crippen LogP contribution in [-0.4, -0.2) is 22.5 Å². The lowest BCUT2D eigenvalue weighted by atomic mass is 9.97. The molecule has 2 N–H and O–H groups in total. The highest BCUT2D eigenvalue weighted by molar-refractivity contribution is 5.98. The van der Waals surface area contributed by atoms with Crippen LogP contribution < -0.4 is 5.32 Å². The zero-order valence-corrected chi connectivity index (χ0v) is 11.0. The molecule has 1 aliphatic rings. The van der Waals surface area contributed by atoms with Gasteiger partial charge >= 0.3 is 5.97 Å². The van der Waals surface area contributed by atoms with Crippen LogP contribution in [0.4, 0.5) is 8.78 Å². The number of hydrogen-bond donors (Lipinski definition) is 2. The molecule has 108 valence electrons. The first-order valence-corrected chi connectivity index (χ1v) is 6.37. The number of amides is 1. The molecule has 1 aromatic carbocycles. The molecule has 2 rings (SSSR count). The zero-order valence-electron chi connectivity index (χ0n) is 11.0. The number of carboxylic acid groups (broad SMARTS) is 1. The number of nitrogens with one attached hydrogen (secondary N) is 1. The largest absolute Gasteiger partial charge is 0.480 e.